The number of methoxy groups -OCH3 is 1. The molecule has 1 rings (SSSR count). The summed E-state index contributed by atoms with van der Waals surface area (Å²) in [4.78, 5) is 0. The molecule has 0 saturated carbocycles. The first-order valence-electron chi connectivity index (χ1n) is 6.33. The molecule has 2 N–H and O–H groups in total. The Balaban J connectivity index is 2.36. The first-order valence-corrected chi connectivity index (χ1v) is 7.48. The number of thioether (sulfide) groups is 1. The molecule has 3 nitrogen and oxygen atoms in total. The molecule has 0 radical (unpaired) electrons. The van der Waals surface area contributed by atoms with E-state index in [9.17, 15) is 0 Å². The van der Waals surface area contributed by atoms with Crippen molar-refractivity contribution in [2.75, 3.05) is 31.8 Å². The van der Waals surface area contributed by atoms with Crippen molar-refractivity contribution in [1.29, 1.82) is 0 Å². The Labute approximate surface area is 114 Å². The number of benzene rings is 1. The van der Waals surface area contributed by atoms with E-state index in [-0.39, 0.29) is 6.04 Å². The van der Waals surface area contributed by atoms with Crippen LogP contribution in [-0.4, -0.2) is 31.8 Å². The standard InChI is InChI=1S/C14H23NO2S/c1-3-8-17-13-6-4-12(5-7-13)14(15)11-18-10-9-16-2/h4-7,14H,3,8-11,15H2,1-2H3. The average molecular weight is 269 g/mol. The number of hydrogen-bond acceptors (Lipinski definition) is 4. The lowest BCUT2D eigenvalue weighted by atomic mass is 10.1. The van der Waals surface area contributed by atoms with Gasteiger partial charge in [-0.2, -0.15) is 11.8 Å². The van der Waals surface area contributed by atoms with Gasteiger partial charge in [0.15, 0.2) is 0 Å². The van der Waals surface area contributed by atoms with Gasteiger partial charge in [0, 0.05) is 24.7 Å². The fourth-order valence-electron chi connectivity index (χ4n) is 1.48. The van der Waals surface area contributed by atoms with Crippen LogP contribution in [0, 0.1) is 0 Å². The van der Waals surface area contributed by atoms with E-state index < -0.39 is 0 Å². The van der Waals surface area contributed by atoms with Crippen molar-refractivity contribution in [2.45, 2.75) is 19.4 Å². The zero-order valence-corrected chi connectivity index (χ0v) is 12.0. The minimum absolute atomic E-state index is 0.0760. The molecule has 0 aliphatic rings. The summed E-state index contributed by atoms with van der Waals surface area (Å²) in [5, 5.41) is 0. The summed E-state index contributed by atoms with van der Waals surface area (Å²) >= 11 is 1.82. The van der Waals surface area contributed by atoms with Gasteiger partial charge in [-0.15, -0.1) is 0 Å². The predicted molar refractivity (Wildman–Crippen MR) is 78.4 cm³/mol. The molecule has 0 bridgehead atoms. The zero-order chi connectivity index (χ0) is 13.2. The third-order valence-corrected chi connectivity index (χ3v) is 3.56. The van der Waals surface area contributed by atoms with Gasteiger partial charge in [0.1, 0.15) is 5.75 Å². The van der Waals surface area contributed by atoms with Gasteiger partial charge in [-0.05, 0) is 24.1 Å². The monoisotopic (exact) mass is 269 g/mol. The fourth-order valence-corrected chi connectivity index (χ4v) is 2.38. The van der Waals surface area contributed by atoms with E-state index in [0.29, 0.717) is 0 Å². The van der Waals surface area contributed by atoms with Crippen molar-refractivity contribution in [1.82, 2.24) is 0 Å². The summed E-state index contributed by atoms with van der Waals surface area (Å²) in [5.74, 6) is 2.82. The summed E-state index contributed by atoms with van der Waals surface area (Å²) in [6.45, 7) is 3.64. The highest BCUT2D eigenvalue weighted by atomic mass is 32.2. The van der Waals surface area contributed by atoms with E-state index in [0.717, 1.165) is 42.5 Å². The lowest BCUT2D eigenvalue weighted by molar-refractivity contribution is 0.218. The quantitative estimate of drug-likeness (QED) is 0.700. The molecule has 0 aliphatic carbocycles. The van der Waals surface area contributed by atoms with Gasteiger partial charge >= 0.3 is 0 Å². The molecule has 1 atom stereocenters. The molecule has 0 saturated heterocycles. The number of ether oxygens (including phenoxy) is 2. The molecule has 1 unspecified atom stereocenters. The van der Waals surface area contributed by atoms with E-state index in [4.69, 9.17) is 15.2 Å². The summed E-state index contributed by atoms with van der Waals surface area (Å²) in [6.07, 6.45) is 1.03. The molecule has 0 fully saturated rings. The number of hydrogen-bond donors (Lipinski definition) is 1. The minimum Gasteiger partial charge on any atom is -0.494 e. The highest BCUT2D eigenvalue weighted by Gasteiger charge is 2.06. The number of rotatable bonds is 9. The molecule has 0 heterocycles. The van der Waals surface area contributed by atoms with Crippen LogP contribution in [0.15, 0.2) is 24.3 Å². The molecule has 0 spiro atoms. The van der Waals surface area contributed by atoms with Crippen LogP contribution in [0.25, 0.3) is 0 Å². The SMILES string of the molecule is CCCOc1ccc(C(N)CSCCOC)cc1. The van der Waals surface area contributed by atoms with Crippen molar-refractivity contribution in [3.8, 4) is 5.75 Å². The molecule has 102 valence electrons. The largest absolute Gasteiger partial charge is 0.494 e. The van der Waals surface area contributed by atoms with Gasteiger partial charge in [0.05, 0.1) is 13.2 Å². The van der Waals surface area contributed by atoms with Gasteiger partial charge in [0.25, 0.3) is 0 Å². The third kappa shape index (κ3) is 5.76. The van der Waals surface area contributed by atoms with E-state index in [1.807, 2.05) is 36.0 Å². The number of nitrogens with two attached hydrogens (primary N) is 1. The smallest absolute Gasteiger partial charge is 0.119 e. The molecule has 0 aromatic heterocycles. The second-order valence-corrected chi connectivity index (χ2v) is 5.24. The molecule has 18 heavy (non-hydrogen) atoms. The summed E-state index contributed by atoms with van der Waals surface area (Å²) in [6, 6.07) is 8.15. The lowest BCUT2D eigenvalue weighted by Gasteiger charge is -2.12. The van der Waals surface area contributed by atoms with E-state index in [1.54, 1.807) is 7.11 Å². The average Bonchev–Trinajstić information content (AvgIpc) is 2.41. The highest BCUT2D eigenvalue weighted by molar-refractivity contribution is 7.99. The Kier molecular flexibility index (Phi) is 7.89. The zero-order valence-electron chi connectivity index (χ0n) is 11.2. The van der Waals surface area contributed by atoms with Crippen LogP contribution in [-0.2, 0) is 4.74 Å². The molecule has 0 amide bonds. The molecule has 1 aromatic carbocycles. The lowest BCUT2D eigenvalue weighted by Crippen LogP contribution is -2.13. The van der Waals surface area contributed by atoms with Gasteiger partial charge < -0.3 is 15.2 Å². The molecular weight excluding hydrogens is 246 g/mol. The van der Waals surface area contributed by atoms with Crippen molar-refractivity contribution < 1.29 is 9.47 Å². The van der Waals surface area contributed by atoms with Crippen molar-refractivity contribution >= 4 is 11.8 Å². The van der Waals surface area contributed by atoms with Gasteiger partial charge in [-0.1, -0.05) is 19.1 Å². The van der Waals surface area contributed by atoms with E-state index >= 15 is 0 Å². The molecule has 0 aliphatic heterocycles. The minimum atomic E-state index is 0.0760. The Morgan fingerprint density at radius 2 is 1.94 bits per heavy atom. The van der Waals surface area contributed by atoms with Crippen LogP contribution in [0.4, 0.5) is 0 Å². The Bertz CT molecular complexity index is 316. The molecular formula is C14H23NO2S. The second kappa shape index (κ2) is 9.25. The maximum Gasteiger partial charge on any atom is 0.119 e. The van der Waals surface area contributed by atoms with Crippen LogP contribution in [0.3, 0.4) is 0 Å². The Morgan fingerprint density at radius 1 is 1.22 bits per heavy atom. The highest BCUT2D eigenvalue weighted by Crippen LogP contribution is 2.19. The maximum atomic E-state index is 6.12. The fraction of sp³-hybridized carbons (Fsp3) is 0.571. The van der Waals surface area contributed by atoms with Crippen molar-refractivity contribution in [3.05, 3.63) is 29.8 Å². The summed E-state index contributed by atoms with van der Waals surface area (Å²) < 4.78 is 10.5. The summed E-state index contributed by atoms with van der Waals surface area (Å²) in [5.41, 5.74) is 7.28. The Morgan fingerprint density at radius 3 is 2.56 bits per heavy atom. The molecule has 1 aromatic rings. The normalized spacial score (nSPS) is 12.4. The van der Waals surface area contributed by atoms with Crippen LogP contribution in [0.2, 0.25) is 0 Å². The second-order valence-electron chi connectivity index (χ2n) is 4.09. The molecule has 4 heteroatoms. The Hall–Kier alpha value is -0.710. The van der Waals surface area contributed by atoms with E-state index in [1.165, 1.54) is 0 Å². The topological polar surface area (TPSA) is 44.5 Å². The van der Waals surface area contributed by atoms with E-state index in [2.05, 4.69) is 6.92 Å². The van der Waals surface area contributed by atoms with Crippen LogP contribution in [0.5, 0.6) is 5.75 Å². The van der Waals surface area contributed by atoms with Crippen molar-refractivity contribution in [3.63, 3.8) is 0 Å². The first-order chi connectivity index (χ1) is 8.77. The van der Waals surface area contributed by atoms with Crippen LogP contribution >= 0.6 is 11.8 Å². The third-order valence-electron chi connectivity index (χ3n) is 2.51. The van der Waals surface area contributed by atoms with Gasteiger partial charge in [0.2, 0.25) is 0 Å². The van der Waals surface area contributed by atoms with Crippen LogP contribution in [0.1, 0.15) is 24.9 Å². The predicted octanol–water partition coefficient (Wildman–Crippen LogP) is 2.85. The first kappa shape index (κ1) is 15.3. The van der Waals surface area contributed by atoms with Gasteiger partial charge in [-0.25, -0.2) is 0 Å². The maximum absolute atomic E-state index is 6.12. The van der Waals surface area contributed by atoms with Gasteiger partial charge in [-0.3, -0.25) is 0 Å². The summed E-state index contributed by atoms with van der Waals surface area (Å²) in [7, 11) is 1.72. The van der Waals surface area contributed by atoms with Crippen LogP contribution < -0.4 is 10.5 Å². The van der Waals surface area contributed by atoms with Crippen molar-refractivity contribution in [2.24, 2.45) is 5.73 Å².